The molecule has 0 unspecified atom stereocenters. The lowest BCUT2D eigenvalue weighted by atomic mass is 10.0. The molecule has 0 aromatic carbocycles. The summed E-state index contributed by atoms with van der Waals surface area (Å²) < 4.78 is 0. The van der Waals surface area contributed by atoms with Crippen LogP contribution in [0.1, 0.15) is 30.7 Å². The SMILES string of the molecule is CC(C)C[C@H](C#N)NC(=O)CN1CCc2sccc2C1. The third kappa shape index (κ3) is 4.06. The first kappa shape index (κ1) is 15.0. The van der Waals surface area contributed by atoms with Gasteiger partial charge >= 0.3 is 0 Å². The summed E-state index contributed by atoms with van der Waals surface area (Å²) in [4.78, 5) is 15.6. The Kier molecular flexibility index (Phi) is 5.16. The van der Waals surface area contributed by atoms with Crippen molar-refractivity contribution in [1.29, 1.82) is 5.26 Å². The average molecular weight is 291 g/mol. The van der Waals surface area contributed by atoms with Crippen LogP contribution in [0.3, 0.4) is 0 Å². The molecule has 1 amide bonds. The van der Waals surface area contributed by atoms with Crippen LogP contribution in [0.2, 0.25) is 0 Å². The van der Waals surface area contributed by atoms with Crippen molar-refractivity contribution in [1.82, 2.24) is 10.2 Å². The molecule has 1 aromatic rings. The molecule has 0 aliphatic carbocycles. The predicted octanol–water partition coefficient (Wildman–Crippen LogP) is 2.16. The Morgan fingerprint density at radius 1 is 1.60 bits per heavy atom. The lowest BCUT2D eigenvalue weighted by Gasteiger charge is -2.26. The van der Waals surface area contributed by atoms with Gasteiger partial charge < -0.3 is 5.32 Å². The van der Waals surface area contributed by atoms with Crippen LogP contribution in [0, 0.1) is 17.2 Å². The fourth-order valence-electron chi connectivity index (χ4n) is 2.50. The fraction of sp³-hybridized carbons (Fsp3) is 0.600. The van der Waals surface area contributed by atoms with Crippen molar-refractivity contribution in [2.75, 3.05) is 13.1 Å². The highest BCUT2D eigenvalue weighted by Gasteiger charge is 2.20. The van der Waals surface area contributed by atoms with E-state index in [-0.39, 0.29) is 11.9 Å². The van der Waals surface area contributed by atoms with Crippen LogP contribution < -0.4 is 5.32 Å². The number of nitrogens with one attached hydrogen (secondary N) is 1. The highest BCUT2D eigenvalue weighted by molar-refractivity contribution is 7.10. The van der Waals surface area contributed by atoms with E-state index in [2.05, 4.69) is 41.6 Å². The van der Waals surface area contributed by atoms with E-state index in [0.29, 0.717) is 18.9 Å². The summed E-state index contributed by atoms with van der Waals surface area (Å²) in [5, 5.41) is 14.0. The number of amides is 1. The van der Waals surface area contributed by atoms with Crippen LogP contribution in [0.4, 0.5) is 0 Å². The molecular weight excluding hydrogens is 270 g/mol. The Labute approximate surface area is 124 Å². The molecule has 1 aromatic heterocycles. The maximum atomic E-state index is 12.0. The van der Waals surface area contributed by atoms with Crippen LogP contribution in [0.5, 0.6) is 0 Å². The molecule has 1 aliphatic rings. The lowest BCUT2D eigenvalue weighted by Crippen LogP contribution is -2.43. The van der Waals surface area contributed by atoms with Gasteiger partial charge in [-0.2, -0.15) is 5.26 Å². The van der Waals surface area contributed by atoms with E-state index in [4.69, 9.17) is 5.26 Å². The fourth-order valence-corrected chi connectivity index (χ4v) is 3.39. The monoisotopic (exact) mass is 291 g/mol. The van der Waals surface area contributed by atoms with E-state index >= 15 is 0 Å². The third-order valence-electron chi connectivity index (χ3n) is 3.45. The second-order valence-corrected chi connectivity index (χ2v) is 6.71. The van der Waals surface area contributed by atoms with Gasteiger partial charge in [-0.15, -0.1) is 11.3 Å². The van der Waals surface area contributed by atoms with E-state index in [1.807, 2.05) is 0 Å². The van der Waals surface area contributed by atoms with Crippen molar-refractivity contribution in [3.05, 3.63) is 21.9 Å². The van der Waals surface area contributed by atoms with Crippen molar-refractivity contribution in [2.24, 2.45) is 5.92 Å². The minimum absolute atomic E-state index is 0.0455. The number of nitriles is 1. The zero-order valence-corrected chi connectivity index (χ0v) is 12.9. The van der Waals surface area contributed by atoms with Crippen molar-refractivity contribution in [3.8, 4) is 6.07 Å². The van der Waals surface area contributed by atoms with Gasteiger partial charge in [-0.1, -0.05) is 13.8 Å². The third-order valence-corrected chi connectivity index (χ3v) is 4.48. The summed E-state index contributed by atoms with van der Waals surface area (Å²) in [6, 6.07) is 3.93. The van der Waals surface area contributed by atoms with Gasteiger partial charge in [0, 0.05) is 18.0 Å². The van der Waals surface area contributed by atoms with Crippen molar-refractivity contribution >= 4 is 17.2 Å². The highest BCUT2D eigenvalue weighted by Crippen LogP contribution is 2.23. The first-order chi connectivity index (χ1) is 9.58. The Morgan fingerprint density at radius 3 is 3.10 bits per heavy atom. The smallest absolute Gasteiger partial charge is 0.235 e. The quantitative estimate of drug-likeness (QED) is 0.904. The Morgan fingerprint density at radius 2 is 2.40 bits per heavy atom. The summed E-state index contributed by atoms with van der Waals surface area (Å²) in [5.41, 5.74) is 1.34. The normalized spacial score (nSPS) is 16.5. The van der Waals surface area contributed by atoms with Crippen LogP contribution >= 0.6 is 11.3 Å². The molecule has 20 heavy (non-hydrogen) atoms. The topological polar surface area (TPSA) is 56.1 Å². The molecule has 1 N–H and O–H groups in total. The zero-order valence-electron chi connectivity index (χ0n) is 12.1. The summed E-state index contributed by atoms with van der Waals surface area (Å²) >= 11 is 1.80. The Bertz CT molecular complexity index is 503. The molecule has 4 nitrogen and oxygen atoms in total. The first-order valence-corrected chi connectivity index (χ1v) is 7.93. The van der Waals surface area contributed by atoms with Crippen LogP contribution in [-0.4, -0.2) is 29.9 Å². The van der Waals surface area contributed by atoms with Gasteiger partial charge in [-0.25, -0.2) is 0 Å². The van der Waals surface area contributed by atoms with E-state index in [9.17, 15) is 4.79 Å². The Balaban J connectivity index is 1.82. The molecule has 0 radical (unpaired) electrons. The molecular formula is C15H21N3OS. The summed E-state index contributed by atoms with van der Waals surface area (Å²) in [5.74, 6) is 0.360. The number of thiophene rings is 1. The number of fused-ring (bicyclic) bond motifs is 1. The first-order valence-electron chi connectivity index (χ1n) is 7.05. The van der Waals surface area contributed by atoms with Crippen molar-refractivity contribution < 1.29 is 4.79 Å². The largest absolute Gasteiger partial charge is 0.339 e. The van der Waals surface area contributed by atoms with Crippen LogP contribution in [0.15, 0.2) is 11.4 Å². The van der Waals surface area contributed by atoms with Gasteiger partial charge in [0.1, 0.15) is 6.04 Å². The number of carbonyl (C=O) groups excluding carboxylic acids is 1. The molecule has 1 aliphatic heterocycles. The van der Waals surface area contributed by atoms with E-state index in [1.165, 1.54) is 10.4 Å². The number of nitrogens with zero attached hydrogens (tertiary/aromatic N) is 2. The van der Waals surface area contributed by atoms with Crippen LogP contribution in [-0.2, 0) is 17.8 Å². The standard InChI is InChI=1S/C15H21N3OS/c1-11(2)7-13(8-16)17-15(19)10-18-5-3-14-12(9-18)4-6-20-14/h4,6,11,13H,3,5,7,9-10H2,1-2H3,(H,17,19)/t13-/m1/s1. The van der Waals surface area contributed by atoms with Gasteiger partial charge in [-0.3, -0.25) is 9.69 Å². The number of carbonyl (C=O) groups is 1. The van der Waals surface area contributed by atoms with Crippen molar-refractivity contribution in [2.45, 2.75) is 39.3 Å². The summed E-state index contributed by atoms with van der Waals surface area (Å²) in [7, 11) is 0. The Hall–Kier alpha value is -1.38. The van der Waals surface area contributed by atoms with Gasteiger partial charge in [0.05, 0.1) is 12.6 Å². The molecule has 108 valence electrons. The molecule has 2 rings (SSSR count). The molecule has 1 atom stereocenters. The molecule has 0 fully saturated rings. The molecule has 5 heteroatoms. The van der Waals surface area contributed by atoms with Gasteiger partial charge in [0.2, 0.25) is 5.91 Å². The van der Waals surface area contributed by atoms with Crippen molar-refractivity contribution in [3.63, 3.8) is 0 Å². The number of hydrogen-bond acceptors (Lipinski definition) is 4. The zero-order chi connectivity index (χ0) is 14.5. The predicted molar refractivity (Wildman–Crippen MR) is 80.3 cm³/mol. The van der Waals surface area contributed by atoms with E-state index in [1.54, 1.807) is 11.3 Å². The van der Waals surface area contributed by atoms with Gasteiger partial charge in [-0.05, 0) is 35.8 Å². The second kappa shape index (κ2) is 6.87. The van der Waals surface area contributed by atoms with E-state index < -0.39 is 0 Å². The summed E-state index contributed by atoms with van der Waals surface area (Å²) in [6.45, 7) is 6.25. The highest BCUT2D eigenvalue weighted by atomic mass is 32.1. The number of hydrogen-bond donors (Lipinski definition) is 1. The lowest BCUT2D eigenvalue weighted by molar-refractivity contribution is -0.122. The maximum Gasteiger partial charge on any atom is 0.235 e. The molecule has 2 heterocycles. The van der Waals surface area contributed by atoms with Gasteiger partial charge in [0.15, 0.2) is 0 Å². The molecule has 0 saturated heterocycles. The number of rotatable bonds is 5. The van der Waals surface area contributed by atoms with E-state index in [0.717, 1.165) is 19.5 Å². The maximum absolute atomic E-state index is 12.0. The minimum Gasteiger partial charge on any atom is -0.339 e. The van der Waals surface area contributed by atoms with Gasteiger partial charge in [0.25, 0.3) is 0 Å². The second-order valence-electron chi connectivity index (χ2n) is 5.71. The molecule has 0 bridgehead atoms. The average Bonchev–Trinajstić information content (AvgIpc) is 2.84. The minimum atomic E-state index is -0.371. The molecule has 0 spiro atoms. The summed E-state index contributed by atoms with van der Waals surface area (Å²) in [6.07, 6.45) is 1.73. The van der Waals surface area contributed by atoms with Crippen LogP contribution in [0.25, 0.3) is 0 Å². The molecule has 0 saturated carbocycles.